The second kappa shape index (κ2) is 21.2. The lowest BCUT2D eigenvalue weighted by Crippen LogP contribution is -2.33. The van der Waals surface area contributed by atoms with Crippen LogP contribution in [0.5, 0.6) is 0 Å². The van der Waals surface area contributed by atoms with Crippen molar-refractivity contribution in [2.24, 2.45) is 0 Å². The maximum atomic E-state index is 15.6. The van der Waals surface area contributed by atoms with Crippen LogP contribution in [0.1, 0.15) is 156 Å². The molecule has 2 unspecified atom stereocenters. The molecule has 19 heteroatoms. The summed E-state index contributed by atoms with van der Waals surface area (Å²) in [5.41, 5.74) is 9.88. The SMILES string of the molecule is Cc1cc(C)n(Cc2cc(C3=CN(CC(C(=O)C(CN4C=CCC(c5cc(Cn6nc(C)cc6C)n(C6CCCCC6)n5)=C4)c4cc([N+](=O)[O-])cs4)c4cc([N+](=O)[O-])cs4)C=CC3)nn2C2CCCCC2)n1. The van der Waals surface area contributed by atoms with Crippen molar-refractivity contribution in [1.29, 1.82) is 0 Å². The minimum atomic E-state index is -0.822. The smallest absolute Gasteiger partial charge is 0.280 e. The molecule has 2 atom stereocenters. The molecular weight excluding hydrogens is 949 g/mol. The first-order chi connectivity index (χ1) is 34.8. The van der Waals surface area contributed by atoms with Crippen LogP contribution >= 0.6 is 22.7 Å². The standard InChI is InChI=1S/C53H62N12O5S2/c1-35-21-37(3)60(54-35)29-43-23-49(56-62(43)41-15-7-5-8-16-41)39-13-11-19-58(27-39)31-47(51-25-45(33-71-51)64(67)68)53(66)48(52-26-46(34-72-52)65(69)70)32-59-20-12-14-40(28-59)50-24-44(30-61-38(4)22-36(2)55-61)63(57-50)42-17-9-6-10-18-42/h11-12,19-28,33-34,41-42,47-48H,5-10,13-18,29-32H2,1-4H3. The summed E-state index contributed by atoms with van der Waals surface area (Å²) in [4.78, 5) is 44.0. The van der Waals surface area contributed by atoms with E-state index in [0.717, 1.165) is 82.4 Å². The molecule has 0 amide bonds. The fraction of sp³-hybridized carbons (Fsp3) is 0.453. The molecule has 0 bridgehead atoms. The summed E-state index contributed by atoms with van der Waals surface area (Å²) >= 11 is 2.38. The molecule has 72 heavy (non-hydrogen) atoms. The Labute approximate surface area is 427 Å². The summed E-state index contributed by atoms with van der Waals surface area (Å²) in [5, 5.41) is 47.3. The van der Waals surface area contributed by atoms with Crippen molar-refractivity contribution in [2.75, 3.05) is 13.1 Å². The van der Waals surface area contributed by atoms with Crippen LogP contribution in [0.15, 0.2) is 84.1 Å². The first-order valence-electron chi connectivity index (χ1n) is 25.3. The lowest BCUT2D eigenvalue weighted by Gasteiger charge is -2.30. The molecular formula is C53H62N12O5S2. The molecule has 10 rings (SSSR count). The fourth-order valence-corrected chi connectivity index (χ4v) is 12.9. The Morgan fingerprint density at radius 3 is 1.39 bits per heavy atom. The number of rotatable bonds is 18. The number of carbonyl (C=O) groups is 1. The minimum Gasteiger partial charge on any atom is -0.353 e. The molecule has 17 nitrogen and oxygen atoms in total. The van der Waals surface area contributed by atoms with Crippen molar-refractivity contribution >= 4 is 51.0 Å². The van der Waals surface area contributed by atoms with Crippen LogP contribution in [0.2, 0.25) is 0 Å². The van der Waals surface area contributed by atoms with Crippen molar-refractivity contribution in [3.05, 3.63) is 160 Å². The van der Waals surface area contributed by atoms with Gasteiger partial charge in [0.15, 0.2) is 5.78 Å². The first-order valence-corrected chi connectivity index (χ1v) is 27.0. The minimum absolute atomic E-state index is 0.0821. The van der Waals surface area contributed by atoms with Gasteiger partial charge in [-0.2, -0.15) is 20.4 Å². The monoisotopic (exact) mass is 1010 g/mol. The second-order valence-electron chi connectivity index (χ2n) is 20.0. The van der Waals surface area contributed by atoms with Crippen molar-refractivity contribution < 1.29 is 14.6 Å². The number of hydrogen-bond acceptors (Lipinski definition) is 13. The summed E-state index contributed by atoms with van der Waals surface area (Å²) < 4.78 is 8.51. The number of thiophene rings is 2. The Bertz CT molecular complexity index is 2890. The van der Waals surface area contributed by atoms with Gasteiger partial charge in [0.2, 0.25) is 0 Å². The van der Waals surface area contributed by atoms with Gasteiger partial charge in [-0.3, -0.25) is 43.8 Å². The Hall–Kier alpha value is -6.73. The molecule has 8 heterocycles. The molecule has 2 fully saturated rings. The van der Waals surface area contributed by atoms with Gasteiger partial charge in [0, 0.05) is 58.8 Å². The molecule has 0 saturated heterocycles. The fourth-order valence-electron chi connectivity index (χ4n) is 11.0. The van der Waals surface area contributed by atoms with E-state index < -0.39 is 21.7 Å². The summed E-state index contributed by atoms with van der Waals surface area (Å²) in [6.07, 6.45) is 24.8. The summed E-state index contributed by atoms with van der Waals surface area (Å²) in [6.45, 7) is 9.75. The van der Waals surface area contributed by atoms with Crippen molar-refractivity contribution in [3.63, 3.8) is 0 Å². The van der Waals surface area contributed by atoms with Gasteiger partial charge in [-0.25, -0.2) is 0 Å². The van der Waals surface area contributed by atoms with E-state index in [0.29, 0.717) is 47.8 Å². The number of aryl methyl sites for hydroxylation is 4. The number of allylic oxidation sites excluding steroid dienone is 4. The normalized spacial score (nSPS) is 17.6. The molecule has 0 aromatic carbocycles. The maximum Gasteiger partial charge on any atom is 0.280 e. The van der Waals surface area contributed by atoms with Crippen LogP contribution in [0.3, 0.4) is 0 Å². The van der Waals surface area contributed by atoms with Gasteiger partial charge >= 0.3 is 0 Å². The van der Waals surface area contributed by atoms with Gasteiger partial charge in [-0.1, -0.05) is 50.7 Å². The predicted molar refractivity (Wildman–Crippen MR) is 280 cm³/mol. The average molecular weight is 1010 g/mol. The zero-order valence-corrected chi connectivity index (χ0v) is 43.1. The number of aromatic nitrogens is 8. The number of carbonyl (C=O) groups excluding carboxylic acids is 1. The van der Waals surface area contributed by atoms with E-state index in [1.165, 1.54) is 84.1 Å². The zero-order chi connectivity index (χ0) is 50.0. The van der Waals surface area contributed by atoms with Gasteiger partial charge in [-0.15, -0.1) is 22.7 Å². The van der Waals surface area contributed by atoms with E-state index in [-0.39, 0.29) is 30.2 Å². The summed E-state index contributed by atoms with van der Waals surface area (Å²) in [6, 6.07) is 12.1. The lowest BCUT2D eigenvalue weighted by molar-refractivity contribution is -0.384. The van der Waals surface area contributed by atoms with E-state index in [1.54, 1.807) is 0 Å². The highest BCUT2D eigenvalue weighted by atomic mass is 32.1. The molecule has 2 aliphatic carbocycles. The van der Waals surface area contributed by atoms with Gasteiger partial charge in [0.05, 0.1) is 91.8 Å². The van der Waals surface area contributed by atoms with Gasteiger partial charge in [0.25, 0.3) is 11.4 Å². The zero-order valence-electron chi connectivity index (χ0n) is 41.4. The van der Waals surface area contributed by atoms with Crippen molar-refractivity contribution in [3.8, 4) is 0 Å². The number of ketones is 1. The van der Waals surface area contributed by atoms with Gasteiger partial charge in [-0.05, 0) is 114 Å². The van der Waals surface area contributed by atoms with Crippen LogP contribution in [0.4, 0.5) is 11.4 Å². The topological polar surface area (TPSA) is 181 Å². The third-order valence-electron chi connectivity index (χ3n) is 14.7. The van der Waals surface area contributed by atoms with Crippen molar-refractivity contribution in [1.82, 2.24) is 48.9 Å². The van der Waals surface area contributed by atoms with Crippen LogP contribution < -0.4 is 0 Å². The molecule has 0 radical (unpaired) electrons. The molecule has 2 aliphatic heterocycles. The number of Topliss-reactive ketones (excluding diaryl/α,β-unsaturated/α-hetero) is 1. The lowest BCUT2D eigenvalue weighted by atomic mass is 9.88. The molecule has 2 saturated carbocycles. The highest BCUT2D eigenvalue weighted by Crippen LogP contribution is 2.40. The Kier molecular flexibility index (Phi) is 14.4. The Balaban J connectivity index is 0.966. The Morgan fingerprint density at radius 2 is 1.03 bits per heavy atom. The second-order valence-corrected chi connectivity index (χ2v) is 21.9. The first kappa shape index (κ1) is 48.9. The Morgan fingerprint density at radius 1 is 0.611 bits per heavy atom. The number of nitro groups is 2. The van der Waals surface area contributed by atoms with E-state index in [4.69, 9.17) is 20.4 Å². The van der Waals surface area contributed by atoms with Gasteiger partial charge in [0.1, 0.15) is 0 Å². The van der Waals surface area contributed by atoms with E-state index in [9.17, 15) is 20.2 Å². The van der Waals surface area contributed by atoms with E-state index >= 15 is 4.79 Å². The highest BCUT2D eigenvalue weighted by Gasteiger charge is 2.36. The number of hydrogen-bond donors (Lipinski definition) is 0. The molecule has 6 aromatic rings. The molecule has 0 N–H and O–H groups in total. The quantitative estimate of drug-likeness (QED) is 0.0590. The summed E-state index contributed by atoms with van der Waals surface area (Å²) in [5.74, 6) is -1.83. The predicted octanol–water partition coefficient (Wildman–Crippen LogP) is 11.7. The average Bonchev–Trinajstić information content (AvgIpc) is 4.26. The molecule has 376 valence electrons. The van der Waals surface area contributed by atoms with E-state index in [1.807, 2.05) is 57.8 Å². The van der Waals surface area contributed by atoms with Crippen LogP contribution in [0.25, 0.3) is 11.1 Å². The molecule has 0 spiro atoms. The maximum absolute atomic E-state index is 15.6. The van der Waals surface area contributed by atoms with Crippen LogP contribution in [0, 0.1) is 47.9 Å². The number of nitrogens with zero attached hydrogens (tertiary/aromatic N) is 12. The largest absolute Gasteiger partial charge is 0.353 e. The van der Waals surface area contributed by atoms with Crippen LogP contribution in [-0.4, -0.2) is 77.6 Å². The molecule has 6 aromatic heterocycles. The van der Waals surface area contributed by atoms with Crippen molar-refractivity contribution in [2.45, 2.75) is 142 Å². The summed E-state index contributed by atoms with van der Waals surface area (Å²) in [7, 11) is 0. The van der Waals surface area contributed by atoms with Gasteiger partial charge < -0.3 is 9.80 Å². The molecule has 4 aliphatic rings. The third-order valence-corrected chi connectivity index (χ3v) is 16.7. The van der Waals surface area contributed by atoms with E-state index in [2.05, 4.69) is 59.6 Å². The highest BCUT2D eigenvalue weighted by molar-refractivity contribution is 7.11. The van der Waals surface area contributed by atoms with Crippen LogP contribution in [-0.2, 0) is 17.9 Å². The third kappa shape index (κ3) is 10.7.